The van der Waals surface area contributed by atoms with Crippen molar-refractivity contribution in [3.63, 3.8) is 0 Å². The predicted molar refractivity (Wildman–Crippen MR) is 122 cm³/mol. The molecule has 0 saturated carbocycles. The van der Waals surface area contributed by atoms with E-state index < -0.39 is 18.1 Å². The second kappa shape index (κ2) is 8.74. The molecule has 168 valence electrons. The van der Waals surface area contributed by atoms with Crippen LogP contribution in [0, 0.1) is 6.92 Å². The summed E-state index contributed by atoms with van der Waals surface area (Å²) in [7, 11) is 0. The first-order chi connectivity index (χ1) is 15.3. The van der Waals surface area contributed by atoms with E-state index in [-0.39, 0.29) is 11.3 Å². The maximum atomic E-state index is 13.1. The van der Waals surface area contributed by atoms with Crippen LogP contribution in [0.3, 0.4) is 0 Å². The lowest BCUT2D eigenvalue weighted by molar-refractivity contribution is -0.142. The smallest absolute Gasteiger partial charge is 0.264 e. The van der Waals surface area contributed by atoms with Gasteiger partial charge < -0.3 is 19.8 Å². The van der Waals surface area contributed by atoms with E-state index in [9.17, 15) is 14.4 Å². The molecule has 0 aliphatic carbocycles. The molecule has 9 heteroatoms. The van der Waals surface area contributed by atoms with E-state index in [0.717, 1.165) is 17.7 Å². The second-order valence-electron chi connectivity index (χ2n) is 7.93. The molecule has 0 spiro atoms. The number of rotatable bonds is 6. The molecule has 1 fully saturated rings. The molecule has 3 aromatic rings. The summed E-state index contributed by atoms with van der Waals surface area (Å²) in [5.74, 6) is -0.322. The zero-order valence-electron chi connectivity index (χ0n) is 18.2. The van der Waals surface area contributed by atoms with Gasteiger partial charge in [0.05, 0.1) is 10.9 Å². The van der Waals surface area contributed by atoms with Gasteiger partial charge in [-0.25, -0.2) is 4.98 Å². The summed E-state index contributed by atoms with van der Waals surface area (Å²) in [6.07, 6.45) is 2.49. The van der Waals surface area contributed by atoms with Crippen LogP contribution < -0.4 is 15.9 Å². The van der Waals surface area contributed by atoms with Gasteiger partial charge >= 0.3 is 0 Å². The quantitative estimate of drug-likeness (QED) is 0.611. The fraction of sp³-hybridized carbons (Fsp3) is 0.391. The molecular weight excluding hydrogens is 430 g/mol. The molecule has 0 radical (unpaired) electrons. The highest BCUT2D eigenvalue weighted by Crippen LogP contribution is 2.29. The first-order valence-corrected chi connectivity index (χ1v) is 11.5. The third-order valence-electron chi connectivity index (χ3n) is 5.70. The SMILES string of the molecule is CCc1cc2c(=O)c(-c3nc(C)cs3)coc2cc1OC(C)C(=O)N1CCC[C@@H]1C(N)=O. The van der Waals surface area contributed by atoms with Crippen molar-refractivity contribution in [1.29, 1.82) is 0 Å². The zero-order valence-corrected chi connectivity index (χ0v) is 19.0. The molecule has 1 aliphatic heterocycles. The van der Waals surface area contributed by atoms with E-state index in [4.69, 9.17) is 14.9 Å². The summed E-state index contributed by atoms with van der Waals surface area (Å²) in [6, 6.07) is 2.80. The summed E-state index contributed by atoms with van der Waals surface area (Å²) < 4.78 is 11.7. The van der Waals surface area contributed by atoms with Gasteiger partial charge in [-0.2, -0.15) is 0 Å². The van der Waals surface area contributed by atoms with E-state index in [2.05, 4.69) is 4.98 Å². The number of likely N-dealkylation sites (tertiary alicyclic amines) is 1. The summed E-state index contributed by atoms with van der Waals surface area (Å²) in [6.45, 7) is 5.94. The average Bonchev–Trinajstić information content (AvgIpc) is 3.42. The van der Waals surface area contributed by atoms with E-state index >= 15 is 0 Å². The van der Waals surface area contributed by atoms with E-state index in [1.165, 1.54) is 22.5 Å². The molecule has 1 aliphatic rings. The highest BCUT2D eigenvalue weighted by Gasteiger charge is 2.35. The number of ether oxygens (including phenoxy) is 1. The lowest BCUT2D eigenvalue weighted by Crippen LogP contribution is -2.48. The number of fused-ring (bicyclic) bond motifs is 1. The highest BCUT2D eigenvalue weighted by atomic mass is 32.1. The summed E-state index contributed by atoms with van der Waals surface area (Å²) >= 11 is 1.39. The van der Waals surface area contributed by atoms with E-state index in [0.29, 0.717) is 46.7 Å². The fourth-order valence-electron chi connectivity index (χ4n) is 4.01. The van der Waals surface area contributed by atoms with Crippen molar-refractivity contribution in [2.24, 2.45) is 5.73 Å². The molecule has 8 nitrogen and oxygen atoms in total. The van der Waals surface area contributed by atoms with Crippen LogP contribution in [0.4, 0.5) is 0 Å². The summed E-state index contributed by atoms with van der Waals surface area (Å²) in [5.41, 5.74) is 7.69. The predicted octanol–water partition coefficient (Wildman–Crippen LogP) is 3.03. The number of hydrogen-bond donors (Lipinski definition) is 1. The number of thiazole rings is 1. The van der Waals surface area contributed by atoms with Gasteiger partial charge in [-0.05, 0) is 44.7 Å². The van der Waals surface area contributed by atoms with Gasteiger partial charge in [-0.15, -0.1) is 11.3 Å². The van der Waals surface area contributed by atoms with Crippen LogP contribution in [-0.4, -0.2) is 40.4 Å². The van der Waals surface area contributed by atoms with Crippen LogP contribution in [0.15, 0.2) is 33.0 Å². The van der Waals surface area contributed by atoms with Gasteiger partial charge in [-0.1, -0.05) is 6.92 Å². The van der Waals surface area contributed by atoms with Crippen molar-refractivity contribution in [1.82, 2.24) is 9.88 Å². The zero-order chi connectivity index (χ0) is 23.0. The third kappa shape index (κ3) is 4.00. The molecule has 2 N–H and O–H groups in total. The Morgan fingerprint density at radius 2 is 2.19 bits per heavy atom. The monoisotopic (exact) mass is 455 g/mol. The van der Waals surface area contributed by atoms with Crippen LogP contribution in [-0.2, 0) is 16.0 Å². The molecule has 1 unspecified atom stereocenters. The van der Waals surface area contributed by atoms with Gasteiger partial charge in [0, 0.05) is 23.7 Å². The number of benzene rings is 1. The Hall–Kier alpha value is -3.20. The van der Waals surface area contributed by atoms with Crippen molar-refractivity contribution in [2.45, 2.75) is 52.2 Å². The number of nitrogens with zero attached hydrogens (tertiary/aromatic N) is 2. The van der Waals surface area contributed by atoms with Crippen LogP contribution in [0.2, 0.25) is 0 Å². The number of aryl methyl sites for hydroxylation is 2. The number of amides is 2. The van der Waals surface area contributed by atoms with Crippen LogP contribution in [0.25, 0.3) is 21.5 Å². The lowest BCUT2D eigenvalue weighted by atomic mass is 10.1. The van der Waals surface area contributed by atoms with Crippen molar-refractivity contribution < 1.29 is 18.7 Å². The van der Waals surface area contributed by atoms with Gasteiger partial charge in [0.2, 0.25) is 11.3 Å². The van der Waals surface area contributed by atoms with Crippen molar-refractivity contribution in [3.8, 4) is 16.3 Å². The first kappa shape index (κ1) is 22.0. The molecular formula is C23H25N3O5S. The minimum absolute atomic E-state index is 0.160. The number of carbonyl (C=O) groups is 2. The molecule has 2 aromatic heterocycles. The van der Waals surface area contributed by atoms with Gasteiger partial charge in [0.15, 0.2) is 6.10 Å². The molecule has 2 amide bonds. The standard InChI is InChI=1S/C23H25N3O5S/c1-4-14-8-15-19(30-10-16(20(15)27)22-25-12(2)11-32-22)9-18(14)31-13(3)23(29)26-7-5-6-17(26)21(24)28/h8-11,13,17H,4-7H2,1-3H3,(H2,24,28)/t13?,17-/m1/s1. The molecule has 3 heterocycles. The van der Waals surface area contributed by atoms with E-state index in [1.807, 2.05) is 19.2 Å². The third-order valence-corrected chi connectivity index (χ3v) is 6.70. The van der Waals surface area contributed by atoms with Crippen LogP contribution in [0.1, 0.15) is 37.9 Å². The number of nitrogens with two attached hydrogens (primary N) is 1. The van der Waals surface area contributed by atoms with Gasteiger partial charge in [0.25, 0.3) is 5.91 Å². The van der Waals surface area contributed by atoms with Gasteiger partial charge in [0.1, 0.15) is 28.6 Å². The van der Waals surface area contributed by atoms with Crippen LogP contribution in [0.5, 0.6) is 5.75 Å². The topological polar surface area (TPSA) is 116 Å². The molecule has 32 heavy (non-hydrogen) atoms. The number of hydrogen-bond acceptors (Lipinski definition) is 7. The summed E-state index contributed by atoms with van der Waals surface area (Å²) in [5, 5.41) is 2.94. The van der Waals surface area contributed by atoms with Gasteiger partial charge in [-0.3, -0.25) is 14.4 Å². The van der Waals surface area contributed by atoms with Crippen LogP contribution >= 0.6 is 11.3 Å². The Labute approximate surface area is 189 Å². The Kier molecular flexibility index (Phi) is 6.01. The minimum Gasteiger partial charge on any atom is -0.480 e. The van der Waals surface area contributed by atoms with Crippen molar-refractivity contribution in [2.75, 3.05) is 6.54 Å². The first-order valence-electron chi connectivity index (χ1n) is 10.6. The largest absolute Gasteiger partial charge is 0.480 e. The summed E-state index contributed by atoms with van der Waals surface area (Å²) in [4.78, 5) is 43.5. The van der Waals surface area contributed by atoms with E-state index in [1.54, 1.807) is 19.1 Å². The molecule has 1 aromatic carbocycles. The number of aromatic nitrogens is 1. The fourth-order valence-corrected chi connectivity index (χ4v) is 4.81. The Morgan fingerprint density at radius 3 is 2.84 bits per heavy atom. The highest BCUT2D eigenvalue weighted by molar-refractivity contribution is 7.13. The molecule has 2 atom stereocenters. The molecule has 0 bridgehead atoms. The average molecular weight is 456 g/mol. The minimum atomic E-state index is -0.818. The lowest BCUT2D eigenvalue weighted by Gasteiger charge is -2.26. The normalized spacial score (nSPS) is 17.0. The maximum absolute atomic E-state index is 13.1. The Morgan fingerprint density at radius 1 is 1.41 bits per heavy atom. The molecule has 4 rings (SSSR count). The Balaban J connectivity index is 1.65. The number of carbonyl (C=O) groups excluding carboxylic acids is 2. The maximum Gasteiger partial charge on any atom is 0.264 e. The number of primary amides is 1. The Bertz CT molecular complexity index is 1250. The second-order valence-corrected chi connectivity index (χ2v) is 8.79. The van der Waals surface area contributed by atoms with Crippen molar-refractivity contribution in [3.05, 3.63) is 45.3 Å². The van der Waals surface area contributed by atoms with Crippen molar-refractivity contribution >= 4 is 34.1 Å². The molecule has 1 saturated heterocycles.